The van der Waals surface area contributed by atoms with Crippen molar-refractivity contribution >= 4 is 22.9 Å². The zero-order valence-corrected chi connectivity index (χ0v) is 11.8. The van der Waals surface area contributed by atoms with Gasteiger partial charge in [-0.1, -0.05) is 60.7 Å². The zero-order chi connectivity index (χ0) is 14.7. The molecule has 0 aromatic heterocycles. The van der Waals surface area contributed by atoms with Crippen LogP contribution in [0.5, 0.6) is 11.5 Å². The lowest BCUT2D eigenvalue weighted by molar-refractivity contribution is 0.373. The minimum Gasteiger partial charge on any atom is -0.504 e. The van der Waals surface area contributed by atoms with E-state index < -0.39 is 0 Å². The van der Waals surface area contributed by atoms with Crippen molar-refractivity contribution in [1.82, 2.24) is 0 Å². The Morgan fingerprint density at radius 1 is 0.905 bits per heavy atom. The molecule has 104 valence electrons. The summed E-state index contributed by atoms with van der Waals surface area (Å²) in [7, 11) is 1.55. The van der Waals surface area contributed by atoms with Crippen LogP contribution in [0.2, 0.25) is 0 Å². The first-order valence-electron chi connectivity index (χ1n) is 6.81. The third kappa shape index (κ3) is 2.75. The van der Waals surface area contributed by atoms with E-state index in [1.165, 1.54) is 16.3 Å². The molecule has 0 atom stereocenters. The molecule has 0 heterocycles. The Morgan fingerprint density at radius 3 is 2.57 bits per heavy atom. The molecule has 3 rings (SSSR count). The van der Waals surface area contributed by atoms with Crippen LogP contribution >= 0.6 is 0 Å². The molecule has 0 aliphatic rings. The number of fused-ring (bicyclic) bond motifs is 1. The molecule has 2 heteroatoms. The van der Waals surface area contributed by atoms with E-state index in [0.29, 0.717) is 5.75 Å². The van der Waals surface area contributed by atoms with Crippen molar-refractivity contribution < 1.29 is 9.84 Å². The molecule has 0 amide bonds. The summed E-state index contributed by atoms with van der Waals surface area (Å²) in [6.07, 6.45) is 4.10. The van der Waals surface area contributed by atoms with Gasteiger partial charge in [-0.25, -0.2) is 0 Å². The van der Waals surface area contributed by atoms with E-state index in [2.05, 4.69) is 36.4 Å². The van der Waals surface area contributed by atoms with Crippen LogP contribution < -0.4 is 4.74 Å². The van der Waals surface area contributed by atoms with Crippen LogP contribution in [-0.4, -0.2) is 12.2 Å². The second-order valence-corrected chi connectivity index (χ2v) is 4.83. The van der Waals surface area contributed by atoms with Crippen molar-refractivity contribution in [2.45, 2.75) is 0 Å². The molecule has 0 aliphatic heterocycles. The monoisotopic (exact) mass is 276 g/mol. The van der Waals surface area contributed by atoms with Gasteiger partial charge in [-0.3, -0.25) is 0 Å². The van der Waals surface area contributed by atoms with Gasteiger partial charge < -0.3 is 9.84 Å². The van der Waals surface area contributed by atoms with Crippen LogP contribution in [-0.2, 0) is 0 Å². The van der Waals surface area contributed by atoms with Crippen LogP contribution in [0.25, 0.3) is 22.9 Å². The maximum atomic E-state index is 9.61. The van der Waals surface area contributed by atoms with Gasteiger partial charge in [0.25, 0.3) is 0 Å². The Kier molecular flexibility index (Phi) is 3.61. The molecule has 1 N–H and O–H groups in total. The van der Waals surface area contributed by atoms with E-state index in [9.17, 15) is 5.11 Å². The first-order valence-corrected chi connectivity index (χ1v) is 6.81. The maximum absolute atomic E-state index is 9.61. The molecule has 3 aromatic rings. The number of phenols is 1. The highest BCUT2D eigenvalue weighted by molar-refractivity contribution is 5.92. The molecule has 0 saturated heterocycles. The van der Waals surface area contributed by atoms with Crippen LogP contribution in [0.1, 0.15) is 11.1 Å². The SMILES string of the molecule is COc1cc(C=Cc2cccc3ccccc23)ccc1O. The molecule has 0 bridgehead atoms. The third-order valence-electron chi connectivity index (χ3n) is 3.48. The summed E-state index contributed by atoms with van der Waals surface area (Å²) in [4.78, 5) is 0. The van der Waals surface area contributed by atoms with Gasteiger partial charge in [0.05, 0.1) is 7.11 Å². The average molecular weight is 276 g/mol. The van der Waals surface area contributed by atoms with Gasteiger partial charge >= 0.3 is 0 Å². The van der Waals surface area contributed by atoms with Gasteiger partial charge in [-0.15, -0.1) is 0 Å². The summed E-state index contributed by atoms with van der Waals surface area (Å²) >= 11 is 0. The number of methoxy groups -OCH3 is 1. The van der Waals surface area contributed by atoms with Gasteiger partial charge in [0.15, 0.2) is 11.5 Å². The molecular formula is C19H16O2. The third-order valence-corrected chi connectivity index (χ3v) is 3.48. The van der Waals surface area contributed by atoms with E-state index in [1.807, 2.05) is 30.3 Å². The summed E-state index contributed by atoms with van der Waals surface area (Å²) in [5.74, 6) is 0.634. The van der Waals surface area contributed by atoms with Crippen molar-refractivity contribution in [3.05, 3.63) is 71.8 Å². The lowest BCUT2D eigenvalue weighted by Gasteiger charge is -2.04. The fourth-order valence-electron chi connectivity index (χ4n) is 2.38. The quantitative estimate of drug-likeness (QED) is 0.701. The fraction of sp³-hybridized carbons (Fsp3) is 0.0526. The molecule has 2 nitrogen and oxygen atoms in total. The van der Waals surface area contributed by atoms with E-state index in [1.54, 1.807) is 13.2 Å². The number of phenolic OH excluding ortho intramolecular Hbond substituents is 1. The summed E-state index contributed by atoms with van der Waals surface area (Å²) in [5, 5.41) is 12.1. The van der Waals surface area contributed by atoms with Crippen molar-refractivity contribution in [1.29, 1.82) is 0 Å². The summed E-state index contributed by atoms with van der Waals surface area (Å²) in [6.45, 7) is 0. The normalized spacial score (nSPS) is 11.1. The molecule has 3 aromatic carbocycles. The molecule has 0 unspecified atom stereocenters. The molecule has 0 spiro atoms. The van der Waals surface area contributed by atoms with E-state index in [-0.39, 0.29) is 5.75 Å². The average Bonchev–Trinajstić information content (AvgIpc) is 2.54. The zero-order valence-electron chi connectivity index (χ0n) is 11.8. The minimum atomic E-state index is 0.153. The van der Waals surface area contributed by atoms with Gasteiger partial charge in [-0.2, -0.15) is 0 Å². The number of benzene rings is 3. The lowest BCUT2D eigenvalue weighted by Crippen LogP contribution is -1.84. The van der Waals surface area contributed by atoms with Crippen molar-refractivity contribution in [3.8, 4) is 11.5 Å². The Morgan fingerprint density at radius 2 is 1.71 bits per heavy atom. The highest BCUT2D eigenvalue weighted by Crippen LogP contribution is 2.27. The predicted molar refractivity (Wildman–Crippen MR) is 87.5 cm³/mol. The van der Waals surface area contributed by atoms with Crippen molar-refractivity contribution in [3.63, 3.8) is 0 Å². The second-order valence-electron chi connectivity index (χ2n) is 4.83. The van der Waals surface area contributed by atoms with Gasteiger partial charge in [0.2, 0.25) is 0 Å². The molecule has 0 aliphatic carbocycles. The minimum absolute atomic E-state index is 0.153. The number of hydrogen-bond acceptors (Lipinski definition) is 2. The first kappa shape index (κ1) is 13.3. The van der Waals surface area contributed by atoms with Gasteiger partial charge in [-0.05, 0) is 34.0 Å². The Hall–Kier alpha value is -2.74. The standard InChI is InChI=1S/C19H16O2/c1-21-19-13-14(10-12-18(19)20)9-11-16-7-4-6-15-5-2-3-8-17(15)16/h2-13,20H,1H3. The lowest BCUT2D eigenvalue weighted by atomic mass is 10.0. The Balaban J connectivity index is 1.98. The topological polar surface area (TPSA) is 29.5 Å². The highest BCUT2D eigenvalue weighted by atomic mass is 16.5. The summed E-state index contributed by atoms with van der Waals surface area (Å²) in [6, 6.07) is 19.9. The summed E-state index contributed by atoms with van der Waals surface area (Å²) < 4.78 is 5.12. The van der Waals surface area contributed by atoms with E-state index in [4.69, 9.17) is 4.74 Å². The smallest absolute Gasteiger partial charge is 0.161 e. The number of ether oxygens (including phenoxy) is 1. The molecule has 0 radical (unpaired) electrons. The van der Waals surface area contributed by atoms with Crippen molar-refractivity contribution in [2.24, 2.45) is 0 Å². The molecular weight excluding hydrogens is 260 g/mol. The highest BCUT2D eigenvalue weighted by Gasteiger charge is 2.01. The van der Waals surface area contributed by atoms with Crippen LogP contribution in [0.4, 0.5) is 0 Å². The molecule has 0 saturated carbocycles. The Labute approximate surface area is 123 Å². The van der Waals surface area contributed by atoms with E-state index >= 15 is 0 Å². The fourth-order valence-corrected chi connectivity index (χ4v) is 2.38. The van der Waals surface area contributed by atoms with E-state index in [0.717, 1.165) is 5.56 Å². The summed E-state index contributed by atoms with van der Waals surface area (Å²) in [5.41, 5.74) is 2.15. The second kappa shape index (κ2) is 5.71. The molecule has 0 fully saturated rings. The number of aromatic hydroxyl groups is 1. The van der Waals surface area contributed by atoms with Gasteiger partial charge in [0, 0.05) is 0 Å². The number of rotatable bonds is 3. The van der Waals surface area contributed by atoms with Crippen LogP contribution in [0.15, 0.2) is 60.7 Å². The van der Waals surface area contributed by atoms with Gasteiger partial charge in [0.1, 0.15) is 0 Å². The predicted octanol–water partition coefficient (Wildman–Crippen LogP) is 4.72. The first-order chi connectivity index (χ1) is 10.3. The largest absolute Gasteiger partial charge is 0.504 e. The Bertz CT molecular complexity index is 798. The maximum Gasteiger partial charge on any atom is 0.161 e. The molecule has 21 heavy (non-hydrogen) atoms. The van der Waals surface area contributed by atoms with Crippen LogP contribution in [0.3, 0.4) is 0 Å². The van der Waals surface area contributed by atoms with Crippen LogP contribution in [0, 0.1) is 0 Å². The number of hydrogen-bond donors (Lipinski definition) is 1. The van der Waals surface area contributed by atoms with Crippen molar-refractivity contribution in [2.75, 3.05) is 7.11 Å².